The molecule has 110 valence electrons. The number of ether oxygens (including phenoxy) is 2. The van der Waals surface area contributed by atoms with Crippen molar-refractivity contribution in [2.24, 2.45) is 0 Å². The number of hydrogen-bond donors (Lipinski definition) is 0. The van der Waals surface area contributed by atoms with E-state index in [1.54, 1.807) is 6.20 Å². The molecule has 0 amide bonds. The fraction of sp³-hybridized carbons (Fsp3) is 0.667. The van der Waals surface area contributed by atoms with Gasteiger partial charge in [-0.15, -0.1) is 0 Å². The molecule has 0 spiro atoms. The lowest BCUT2D eigenvalue weighted by Gasteiger charge is -2.47. The van der Waals surface area contributed by atoms with Crippen LogP contribution < -0.4 is 4.74 Å². The molecule has 3 heterocycles. The summed E-state index contributed by atoms with van der Waals surface area (Å²) < 4.78 is 11.8. The fourth-order valence-corrected chi connectivity index (χ4v) is 2.70. The third-order valence-corrected chi connectivity index (χ3v) is 4.44. The summed E-state index contributed by atoms with van der Waals surface area (Å²) in [6, 6.07) is 6.66. The van der Waals surface area contributed by atoms with Crippen LogP contribution in [0, 0.1) is 0 Å². The van der Waals surface area contributed by atoms with Gasteiger partial charge in [-0.3, -0.25) is 4.90 Å². The smallest absolute Gasteiger partial charge is 0.213 e. The summed E-state index contributed by atoms with van der Waals surface area (Å²) in [7, 11) is 4.27. The number of pyridine rings is 1. The van der Waals surface area contributed by atoms with E-state index < -0.39 is 0 Å². The first-order valence-corrected chi connectivity index (χ1v) is 7.30. The highest BCUT2D eigenvalue weighted by Crippen LogP contribution is 2.22. The molecule has 3 atom stereocenters. The van der Waals surface area contributed by atoms with Gasteiger partial charge in [0.05, 0.1) is 18.8 Å². The molecule has 5 nitrogen and oxygen atoms in total. The van der Waals surface area contributed by atoms with E-state index in [0.717, 1.165) is 13.2 Å². The summed E-state index contributed by atoms with van der Waals surface area (Å²) in [6.45, 7) is 3.67. The van der Waals surface area contributed by atoms with E-state index in [1.165, 1.54) is 13.0 Å². The lowest BCUT2D eigenvalue weighted by molar-refractivity contribution is -0.123. The van der Waals surface area contributed by atoms with E-state index in [4.69, 9.17) is 9.47 Å². The van der Waals surface area contributed by atoms with Crippen molar-refractivity contribution in [3.63, 3.8) is 0 Å². The molecule has 2 fully saturated rings. The van der Waals surface area contributed by atoms with Crippen LogP contribution in [0.5, 0.6) is 5.88 Å². The molecule has 0 radical (unpaired) electrons. The first-order valence-electron chi connectivity index (χ1n) is 7.30. The second kappa shape index (κ2) is 6.08. The molecule has 0 N–H and O–H groups in total. The highest BCUT2D eigenvalue weighted by Gasteiger charge is 2.38. The zero-order valence-corrected chi connectivity index (χ0v) is 12.2. The Morgan fingerprint density at radius 3 is 2.75 bits per heavy atom. The van der Waals surface area contributed by atoms with E-state index in [2.05, 4.69) is 28.9 Å². The summed E-state index contributed by atoms with van der Waals surface area (Å²) in [5.74, 6) is 0.685. The number of hydrogen-bond acceptors (Lipinski definition) is 5. The largest absolute Gasteiger partial charge is 0.476 e. The molecule has 1 unspecified atom stereocenters. The highest BCUT2D eigenvalue weighted by molar-refractivity contribution is 5.09. The molecule has 1 aromatic heterocycles. The Bertz CT molecular complexity index is 428. The van der Waals surface area contributed by atoms with Crippen molar-refractivity contribution in [3.8, 4) is 5.88 Å². The van der Waals surface area contributed by atoms with E-state index in [1.807, 2.05) is 18.2 Å². The second-order valence-electron chi connectivity index (χ2n) is 5.78. The maximum absolute atomic E-state index is 6.04. The van der Waals surface area contributed by atoms with E-state index in [-0.39, 0.29) is 6.10 Å². The zero-order valence-electron chi connectivity index (χ0n) is 12.2. The normalized spacial score (nSPS) is 30.6. The maximum Gasteiger partial charge on any atom is 0.213 e. The van der Waals surface area contributed by atoms with Crippen molar-refractivity contribution >= 4 is 0 Å². The van der Waals surface area contributed by atoms with Crippen LogP contribution in [0.15, 0.2) is 24.4 Å². The Hall–Kier alpha value is -1.17. The number of aromatic nitrogens is 1. The molecule has 3 rings (SSSR count). The van der Waals surface area contributed by atoms with E-state index in [0.29, 0.717) is 24.6 Å². The average molecular weight is 277 g/mol. The quantitative estimate of drug-likeness (QED) is 0.771. The summed E-state index contributed by atoms with van der Waals surface area (Å²) >= 11 is 0. The fourth-order valence-electron chi connectivity index (χ4n) is 2.70. The molecule has 5 heteroatoms. The lowest BCUT2D eigenvalue weighted by atomic mass is 10.0. The minimum Gasteiger partial charge on any atom is -0.476 e. The van der Waals surface area contributed by atoms with Crippen LogP contribution in [0.1, 0.15) is 6.42 Å². The maximum atomic E-state index is 6.04. The van der Waals surface area contributed by atoms with Gasteiger partial charge < -0.3 is 14.4 Å². The summed E-state index contributed by atoms with van der Waals surface area (Å²) in [6.07, 6.45) is 3.30. The molecular formula is C15H23N3O2. The molecule has 2 aliphatic rings. The van der Waals surface area contributed by atoms with Crippen molar-refractivity contribution in [1.82, 2.24) is 14.8 Å². The van der Waals surface area contributed by atoms with Gasteiger partial charge in [0.25, 0.3) is 0 Å². The second-order valence-corrected chi connectivity index (χ2v) is 5.78. The molecule has 2 saturated heterocycles. The molecule has 1 aromatic rings. The van der Waals surface area contributed by atoms with E-state index in [9.17, 15) is 0 Å². The number of rotatable bonds is 6. The molecule has 20 heavy (non-hydrogen) atoms. The van der Waals surface area contributed by atoms with Crippen molar-refractivity contribution < 1.29 is 9.47 Å². The van der Waals surface area contributed by atoms with Gasteiger partial charge in [0, 0.05) is 24.8 Å². The van der Waals surface area contributed by atoms with Crippen LogP contribution in [0.3, 0.4) is 0 Å². The van der Waals surface area contributed by atoms with Crippen LogP contribution in [0.4, 0.5) is 0 Å². The van der Waals surface area contributed by atoms with Gasteiger partial charge in [-0.25, -0.2) is 4.98 Å². The SMILES string of the molecule is CN1CC[C@H]1COC1CN(C)[C@H]1COc1ccccn1. The molecule has 0 aliphatic carbocycles. The standard InChI is InChI=1S/C15H23N3O2/c1-17-8-6-12(17)10-19-14-9-18(2)13(14)11-20-15-5-3-4-7-16-15/h3-5,7,12-14H,6,8-11H2,1-2H3/t12-,13-,14?/m0/s1. The molecule has 0 aromatic carbocycles. The summed E-state index contributed by atoms with van der Waals surface area (Å²) in [5.41, 5.74) is 0. The van der Waals surface area contributed by atoms with Crippen LogP contribution in [-0.2, 0) is 4.74 Å². The number of likely N-dealkylation sites (tertiary alicyclic amines) is 2. The van der Waals surface area contributed by atoms with Crippen molar-refractivity contribution in [3.05, 3.63) is 24.4 Å². The minimum absolute atomic E-state index is 0.290. The van der Waals surface area contributed by atoms with Gasteiger partial charge in [-0.05, 0) is 33.1 Å². The van der Waals surface area contributed by atoms with E-state index >= 15 is 0 Å². The topological polar surface area (TPSA) is 37.8 Å². The highest BCUT2D eigenvalue weighted by atomic mass is 16.5. The number of nitrogens with zero attached hydrogens (tertiary/aromatic N) is 3. The van der Waals surface area contributed by atoms with Crippen LogP contribution in [0.25, 0.3) is 0 Å². The Kier molecular flexibility index (Phi) is 4.19. The first kappa shape index (κ1) is 13.8. The van der Waals surface area contributed by atoms with Gasteiger partial charge in [-0.2, -0.15) is 0 Å². The number of likely N-dealkylation sites (N-methyl/N-ethyl adjacent to an activating group) is 2. The molecule has 2 aliphatic heterocycles. The predicted octanol–water partition coefficient (Wildman–Crippen LogP) is 0.864. The third kappa shape index (κ3) is 2.95. The zero-order chi connectivity index (χ0) is 13.9. The Labute approximate surface area is 120 Å². The van der Waals surface area contributed by atoms with Gasteiger partial charge >= 0.3 is 0 Å². The summed E-state index contributed by atoms with van der Waals surface area (Å²) in [5, 5.41) is 0. The van der Waals surface area contributed by atoms with Crippen molar-refractivity contribution in [2.75, 3.05) is 40.4 Å². The molecule has 0 bridgehead atoms. The van der Waals surface area contributed by atoms with Crippen molar-refractivity contribution in [2.45, 2.75) is 24.6 Å². The Morgan fingerprint density at radius 1 is 1.25 bits per heavy atom. The van der Waals surface area contributed by atoms with Gasteiger partial charge in [0.2, 0.25) is 5.88 Å². The van der Waals surface area contributed by atoms with Crippen LogP contribution >= 0.6 is 0 Å². The Morgan fingerprint density at radius 2 is 2.15 bits per heavy atom. The first-order chi connectivity index (χ1) is 9.74. The van der Waals surface area contributed by atoms with Crippen LogP contribution in [-0.4, -0.2) is 73.4 Å². The van der Waals surface area contributed by atoms with Gasteiger partial charge in [0.15, 0.2) is 0 Å². The van der Waals surface area contributed by atoms with Crippen molar-refractivity contribution in [1.29, 1.82) is 0 Å². The average Bonchev–Trinajstić information content (AvgIpc) is 2.46. The third-order valence-electron chi connectivity index (χ3n) is 4.44. The minimum atomic E-state index is 0.290. The monoisotopic (exact) mass is 277 g/mol. The Balaban J connectivity index is 1.43. The van der Waals surface area contributed by atoms with Gasteiger partial charge in [-0.1, -0.05) is 6.07 Å². The van der Waals surface area contributed by atoms with Crippen LogP contribution in [0.2, 0.25) is 0 Å². The molecular weight excluding hydrogens is 254 g/mol. The predicted molar refractivity (Wildman–Crippen MR) is 76.9 cm³/mol. The lowest BCUT2D eigenvalue weighted by Crippen LogP contribution is -2.62. The molecule has 0 saturated carbocycles. The summed E-state index contributed by atoms with van der Waals surface area (Å²) in [4.78, 5) is 8.80. The van der Waals surface area contributed by atoms with Gasteiger partial charge in [0.1, 0.15) is 6.61 Å².